The van der Waals surface area contributed by atoms with E-state index in [2.05, 4.69) is 5.32 Å². The van der Waals surface area contributed by atoms with Crippen LogP contribution < -0.4 is 14.8 Å². The Balaban J connectivity index is 1.61. The van der Waals surface area contributed by atoms with Crippen LogP contribution >= 0.6 is 11.6 Å². The lowest BCUT2D eigenvalue weighted by Crippen LogP contribution is -2.33. The third-order valence-corrected chi connectivity index (χ3v) is 4.67. The fourth-order valence-corrected chi connectivity index (χ4v) is 3.02. The minimum Gasteiger partial charge on any atom is -0.497 e. The van der Waals surface area contributed by atoms with Gasteiger partial charge in [-0.25, -0.2) is 0 Å². The van der Waals surface area contributed by atoms with Gasteiger partial charge in [-0.05, 0) is 42.5 Å². The van der Waals surface area contributed by atoms with Crippen LogP contribution in [-0.2, 0) is 4.79 Å². The van der Waals surface area contributed by atoms with Gasteiger partial charge in [0.15, 0.2) is 6.61 Å². The summed E-state index contributed by atoms with van der Waals surface area (Å²) in [5, 5.41) is 13.8. The highest BCUT2D eigenvalue weighted by molar-refractivity contribution is 6.32. The van der Waals surface area contributed by atoms with Crippen molar-refractivity contribution in [2.24, 2.45) is 5.92 Å². The second-order valence-electron chi connectivity index (χ2n) is 6.32. The second kappa shape index (κ2) is 8.26. The van der Waals surface area contributed by atoms with Gasteiger partial charge < -0.3 is 14.8 Å². The number of methoxy groups -OCH3 is 1. The lowest BCUT2D eigenvalue weighted by Gasteiger charge is -2.19. The lowest BCUT2D eigenvalue weighted by atomic mass is 10.0. The number of carbonyl (C=O) groups excluding carboxylic acids is 1. The Bertz CT molecular complexity index is 836. The molecule has 1 aliphatic rings. The Hall–Kier alpha value is -2.80. The van der Waals surface area contributed by atoms with E-state index in [0.29, 0.717) is 5.92 Å². The predicted octanol–water partition coefficient (Wildman–Crippen LogP) is 3.90. The van der Waals surface area contributed by atoms with Gasteiger partial charge in [-0.1, -0.05) is 23.7 Å². The Labute approximate surface area is 161 Å². The van der Waals surface area contributed by atoms with Gasteiger partial charge in [-0.2, -0.15) is 0 Å². The van der Waals surface area contributed by atoms with Crippen molar-refractivity contribution >= 4 is 23.2 Å². The molecule has 0 aliphatic heterocycles. The molecule has 0 radical (unpaired) electrons. The van der Waals surface area contributed by atoms with Crippen LogP contribution in [0.25, 0.3) is 0 Å². The van der Waals surface area contributed by atoms with Crippen molar-refractivity contribution in [1.29, 1.82) is 0 Å². The number of carbonyl (C=O) groups is 1. The highest BCUT2D eigenvalue weighted by atomic mass is 35.5. The fourth-order valence-electron chi connectivity index (χ4n) is 2.79. The first-order chi connectivity index (χ1) is 13.0. The maximum Gasteiger partial charge on any atom is 0.271 e. The quantitative estimate of drug-likeness (QED) is 0.545. The van der Waals surface area contributed by atoms with Crippen LogP contribution in [0, 0.1) is 16.0 Å². The molecule has 0 spiro atoms. The van der Waals surface area contributed by atoms with Gasteiger partial charge >= 0.3 is 0 Å². The lowest BCUT2D eigenvalue weighted by molar-refractivity contribution is -0.384. The molecule has 7 nitrogen and oxygen atoms in total. The first kappa shape index (κ1) is 19.0. The van der Waals surface area contributed by atoms with E-state index in [1.165, 1.54) is 18.2 Å². The van der Waals surface area contributed by atoms with E-state index in [9.17, 15) is 14.9 Å². The third-order valence-electron chi connectivity index (χ3n) is 4.37. The summed E-state index contributed by atoms with van der Waals surface area (Å²) in [6, 6.07) is 11.4. The molecule has 8 heteroatoms. The van der Waals surface area contributed by atoms with Gasteiger partial charge in [0.2, 0.25) is 0 Å². The van der Waals surface area contributed by atoms with Crippen molar-refractivity contribution in [2.45, 2.75) is 18.9 Å². The minimum atomic E-state index is -0.544. The molecular weight excluding hydrogens is 372 g/mol. The first-order valence-corrected chi connectivity index (χ1v) is 8.86. The molecule has 2 aromatic carbocycles. The summed E-state index contributed by atoms with van der Waals surface area (Å²) in [7, 11) is 1.61. The molecule has 1 aliphatic carbocycles. The second-order valence-corrected chi connectivity index (χ2v) is 6.72. The van der Waals surface area contributed by atoms with E-state index in [-0.39, 0.29) is 35.0 Å². The monoisotopic (exact) mass is 390 g/mol. The topological polar surface area (TPSA) is 90.7 Å². The molecule has 142 valence electrons. The Morgan fingerprint density at radius 3 is 2.56 bits per heavy atom. The number of nitro groups is 1. The molecule has 0 aromatic heterocycles. The van der Waals surface area contributed by atoms with Gasteiger partial charge in [-0.15, -0.1) is 0 Å². The maximum absolute atomic E-state index is 12.3. The van der Waals surface area contributed by atoms with Crippen LogP contribution in [-0.4, -0.2) is 24.5 Å². The maximum atomic E-state index is 12.3. The highest BCUT2D eigenvalue weighted by Crippen LogP contribution is 2.41. The van der Waals surface area contributed by atoms with Crippen molar-refractivity contribution in [2.75, 3.05) is 13.7 Å². The predicted molar refractivity (Wildman–Crippen MR) is 100 cm³/mol. The van der Waals surface area contributed by atoms with E-state index in [1.807, 2.05) is 24.3 Å². The van der Waals surface area contributed by atoms with E-state index >= 15 is 0 Å². The number of amides is 1. The number of nitrogens with zero attached hydrogens (tertiary/aromatic N) is 1. The Kier molecular flexibility index (Phi) is 5.81. The van der Waals surface area contributed by atoms with Gasteiger partial charge in [0.25, 0.3) is 11.6 Å². The van der Waals surface area contributed by atoms with Crippen LogP contribution in [0.2, 0.25) is 5.02 Å². The summed E-state index contributed by atoms with van der Waals surface area (Å²) in [4.78, 5) is 22.5. The number of nitrogens with one attached hydrogen (secondary N) is 1. The fraction of sp³-hybridized carbons (Fsp3) is 0.316. The van der Waals surface area contributed by atoms with Crippen LogP contribution in [0.15, 0.2) is 42.5 Å². The largest absolute Gasteiger partial charge is 0.497 e. The van der Waals surface area contributed by atoms with Crippen LogP contribution in [0.1, 0.15) is 24.4 Å². The summed E-state index contributed by atoms with van der Waals surface area (Å²) in [5.74, 6) is 1.11. The van der Waals surface area contributed by atoms with E-state index in [1.54, 1.807) is 7.11 Å². The number of nitro benzene ring substituents is 1. The van der Waals surface area contributed by atoms with Crippen LogP contribution in [0.5, 0.6) is 11.5 Å². The molecule has 0 bridgehead atoms. The van der Waals surface area contributed by atoms with E-state index in [4.69, 9.17) is 21.1 Å². The molecule has 1 unspecified atom stereocenters. The molecule has 1 saturated carbocycles. The van der Waals surface area contributed by atoms with Crippen molar-refractivity contribution in [1.82, 2.24) is 5.32 Å². The number of hydrogen-bond acceptors (Lipinski definition) is 5. The Morgan fingerprint density at radius 2 is 2.00 bits per heavy atom. The highest BCUT2D eigenvalue weighted by Gasteiger charge is 2.33. The standard InChI is InChI=1S/C19H19ClN2O5/c1-26-15-7-4-13(5-8-15)19(12-2-3-12)21-18(23)11-27-17-9-6-14(22(24)25)10-16(17)20/h4-10,12,19H,2-3,11H2,1H3,(H,21,23). The third kappa shape index (κ3) is 4.89. The number of halogens is 1. The smallest absolute Gasteiger partial charge is 0.271 e. The molecule has 27 heavy (non-hydrogen) atoms. The van der Waals surface area contributed by atoms with E-state index in [0.717, 1.165) is 24.2 Å². The van der Waals surface area contributed by atoms with Crippen LogP contribution in [0.4, 0.5) is 5.69 Å². The first-order valence-electron chi connectivity index (χ1n) is 8.48. The number of ether oxygens (including phenoxy) is 2. The zero-order chi connectivity index (χ0) is 19.4. The molecule has 1 amide bonds. The van der Waals surface area contributed by atoms with Gasteiger partial charge in [0.1, 0.15) is 11.5 Å². The average molecular weight is 391 g/mol. The van der Waals surface area contributed by atoms with Gasteiger partial charge in [0.05, 0.1) is 23.1 Å². The van der Waals surface area contributed by atoms with Crippen molar-refractivity contribution in [3.8, 4) is 11.5 Å². The van der Waals surface area contributed by atoms with Gasteiger partial charge in [-0.3, -0.25) is 14.9 Å². The molecule has 1 atom stereocenters. The number of non-ortho nitro benzene ring substituents is 1. The van der Waals surface area contributed by atoms with Crippen molar-refractivity contribution < 1.29 is 19.2 Å². The van der Waals surface area contributed by atoms with Crippen molar-refractivity contribution in [3.63, 3.8) is 0 Å². The van der Waals surface area contributed by atoms with Gasteiger partial charge in [0, 0.05) is 12.1 Å². The Morgan fingerprint density at radius 1 is 1.30 bits per heavy atom. The minimum absolute atomic E-state index is 0.0839. The number of benzene rings is 2. The molecule has 1 fully saturated rings. The number of rotatable bonds is 8. The summed E-state index contributed by atoms with van der Waals surface area (Å²) >= 11 is 5.97. The molecule has 2 aromatic rings. The molecule has 0 heterocycles. The zero-order valence-corrected chi connectivity index (χ0v) is 15.4. The number of hydrogen-bond donors (Lipinski definition) is 1. The average Bonchev–Trinajstić information content (AvgIpc) is 3.50. The molecule has 1 N–H and O–H groups in total. The summed E-state index contributed by atoms with van der Waals surface area (Å²) in [6.45, 7) is -0.225. The van der Waals surface area contributed by atoms with E-state index < -0.39 is 4.92 Å². The van der Waals surface area contributed by atoms with Crippen molar-refractivity contribution in [3.05, 3.63) is 63.2 Å². The molecule has 3 rings (SSSR count). The summed E-state index contributed by atoms with van der Waals surface area (Å²) in [6.07, 6.45) is 2.12. The summed E-state index contributed by atoms with van der Waals surface area (Å²) in [5.41, 5.74) is 0.880. The SMILES string of the molecule is COc1ccc(C(NC(=O)COc2ccc([N+](=O)[O-])cc2Cl)C2CC2)cc1. The molecular formula is C19H19ClN2O5. The normalized spacial score (nSPS) is 14.3. The van der Waals surface area contributed by atoms with Crippen LogP contribution in [0.3, 0.4) is 0 Å². The summed E-state index contributed by atoms with van der Waals surface area (Å²) < 4.78 is 10.6. The molecule has 0 saturated heterocycles. The zero-order valence-electron chi connectivity index (χ0n) is 14.7.